The molecule has 10 heteroatoms. The van der Waals surface area contributed by atoms with Gasteiger partial charge in [-0.2, -0.15) is 4.98 Å². The van der Waals surface area contributed by atoms with Crippen molar-refractivity contribution in [3.8, 4) is 45.8 Å². The summed E-state index contributed by atoms with van der Waals surface area (Å²) >= 11 is 0. The van der Waals surface area contributed by atoms with Gasteiger partial charge in [-0.1, -0.05) is 17.3 Å². The number of carbonyl (C=O) groups is 1. The second kappa shape index (κ2) is 5.67. The first-order chi connectivity index (χ1) is 11.8. The number of hydrogen-bond donors (Lipinski definition) is 5. The van der Waals surface area contributed by atoms with Gasteiger partial charge in [-0.05, 0) is 12.1 Å². The van der Waals surface area contributed by atoms with Gasteiger partial charge < -0.3 is 30.1 Å². The van der Waals surface area contributed by atoms with Gasteiger partial charge in [0, 0.05) is 0 Å². The smallest absolute Gasteiger partial charge is 0.343 e. The van der Waals surface area contributed by atoms with E-state index >= 15 is 0 Å². The van der Waals surface area contributed by atoms with Crippen LogP contribution in [0.1, 0.15) is 10.4 Å². The first-order valence-electron chi connectivity index (χ1n) is 6.65. The van der Waals surface area contributed by atoms with Gasteiger partial charge in [-0.3, -0.25) is 0 Å². The van der Waals surface area contributed by atoms with Crippen molar-refractivity contribution in [2.75, 3.05) is 0 Å². The Labute approximate surface area is 137 Å². The van der Waals surface area contributed by atoms with Crippen LogP contribution in [0.3, 0.4) is 0 Å². The molecule has 0 radical (unpaired) electrons. The van der Waals surface area contributed by atoms with Crippen LogP contribution in [0.4, 0.5) is 4.39 Å². The third-order valence-electron chi connectivity index (χ3n) is 3.36. The largest absolute Gasteiger partial charge is 0.506 e. The van der Waals surface area contributed by atoms with E-state index in [1.54, 1.807) is 0 Å². The summed E-state index contributed by atoms with van der Waals surface area (Å²) in [4.78, 5) is 14.9. The fraction of sp³-hybridized carbons (Fsp3) is 0. The van der Waals surface area contributed by atoms with Crippen LogP contribution in [0.2, 0.25) is 0 Å². The van der Waals surface area contributed by atoms with Crippen LogP contribution in [0.5, 0.6) is 23.0 Å². The first kappa shape index (κ1) is 16.1. The molecule has 2 aromatic carbocycles. The molecule has 5 N–H and O–H groups in total. The Morgan fingerprint density at radius 2 is 1.68 bits per heavy atom. The third-order valence-corrected chi connectivity index (χ3v) is 3.36. The molecule has 128 valence electrons. The summed E-state index contributed by atoms with van der Waals surface area (Å²) in [6.45, 7) is 0. The molecule has 1 aromatic heterocycles. The molecule has 0 aliphatic rings. The number of aromatic hydroxyl groups is 4. The Hall–Kier alpha value is -3.82. The summed E-state index contributed by atoms with van der Waals surface area (Å²) in [5.74, 6) is -7.87. The fourth-order valence-electron chi connectivity index (χ4n) is 2.18. The minimum atomic E-state index is -1.77. The summed E-state index contributed by atoms with van der Waals surface area (Å²) in [6.07, 6.45) is 0. The molecular formula is C15H9FN2O7. The standard InChI is InChI=1S/C15H9FN2O7/c16-6-4-2-1-3-5(6)14-17-13(18-25-14)7-9(19)8(15(23)24)11(21)12(22)10(7)20/h1-4,19-22H,(H,23,24). The minimum Gasteiger partial charge on any atom is -0.506 e. The number of benzene rings is 2. The van der Waals surface area contributed by atoms with Crippen LogP contribution in [0.15, 0.2) is 28.8 Å². The van der Waals surface area contributed by atoms with Crippen molar-refractivity contribution >= 4 is 5.97 Å². The van der Waals surface area contributed by atoms with E-state index in [4.69, 9.17) is 9.63 Å². The highest BCUT2D eigenvalue weighted by atomic mass is 19.1. The quantitative estimate of drug-likeness (QED) is 0.353. The summed E-state index contributed by atoms with van der Waals surface area (Å²) < 4.78 is 18.6. The van der Waals surface area contributed by atoms with Gasteiger partial charge in [-0.25, -0.2) is 9.18 Å². The molecule has 0 saturated carbocycles. The topological polar surface area (TPSA) is 157 Å². The van der Waals surface area contributed by atoms with Crippen LogP contribution in [0, 0.1) is 5.82 Å². The number of hydrogen-bond acceptors (Lipinski definition) is 8. The van der Waals surface area contributed by atoms with Crippen molar-refractivity contribution in [3.05, 3.63) is 35.6 Å². The Morgan fingerprint density at radius 1 is 1.00 bits per heavy atom. The predicted octanol–water partition coefficient (Wildman–Crippen LogP) is 2.06. The van der Waals surface area contributed by atoms with Gasteiger partial charge in [0.1, 0.15) is 22.7 Å². The van der Waals surface area contributed by atoms with Gasteiger partial charge in [0.25, 0.3) is 5.89 Å². The molecule has 0 spiro atoms. The average Bonchev–Trinajstić information content (AvgIpc) is 3.02. The molecule has 3 aromatic rings. The van der Waals surface area contributed by atoms with Crippen LogP contribution in [0.25, 0.3) is 22.8 Å². The summed E-state index contributed by atoms with van der Waals surface area (Å²) in [6, 6.07) is 5.42. The number of phenols is 4. The number of aromatic nitrogens is 2. The van der Waals surface area contributed by atoms with E-state index in [0.717, 1.165) is 6.07 Å². The predicted molar refractivity (Wildman–Crippen MR) is 78.7 cm³/mol. The number of carboxylic acid groups (broad SMARTS) is 1. The summed E-state index contributed by atoms with van der Waals surface area (Å²) in [5.41, 5.74) is -1.83. The second-order valence-electron chi connectivity index (χ2n) is 4.85. The van der Waals surface area contributed by atoms with E-state index in [1.165, 1.54) is 18.2 Å². The second-order valence-corrected chi connectivity index (χ2v) is 4.85. The molecule has 1 heterocycles. The van der Waals surface area contributed by atoms with Crippen LogP contribution >= 0.6 is 0 Å². The minimum absolute atomic E-state index is 0.0679. The van der Waals surface area contributed by atoms with Crippen LogP contribution in [-0.4, -0.2) is 41.6 Å². The lowest BCUT2D eigenvalue weighted by molar-refractivity contribution is 0.0689. The highest BCUT2D eigenvalue weighted by Gasteiger charge is 2.30. The van der Waals surface area contributed by atoms with Crippen molar-refractivity contribution in [2.45, 2.75) is 0 Å². The molecule has 0 aliphatic carbocycles. The zero-order valence-corrected chi connectivity index (χ0v) is 12.1. The number of nitrogens with zero attached hydrogens (tertiary/aromatic N) is 2. The van der Waals surface area contributed by atoms with Crippen molar-refractivity contribution in [3.63, 3.8) is 0 Å². The van der Waals surface area contributed by atoms with E-state index in [1.807, 2.05) is 0 Å². The SMILES string of the molecule is O=C(O)c1c(O)c(O)c(O)c(-c2noc(-c3ccccc3F)n2)c1O. The summed E-state index contributed by atoms with van der Waals surface area (Å²) in [7, 11) is 0. The first-order valence-corrected chi connectivity index (χ1v) is 6.65. The molecule has 0 saturated heterocycles. The van der Waals surface area contributed by atoms with Gasteiger partial charge in [-0.15, -0.1) is 0 Å². The van der Waals surface area contributed by atoms with Gasteiger partial charge in [0.15, 0.2) is 11.5 Å². The third kappa shape index (κ3) is 2.45. The maximum Gasteiger partial charge on any atom is 0.343 e. The monoisotopic (exact) mass is 348 g/mol. The highest BCUT2D eigenvalue weighted by molar-refractivity contribution is 5.99. The fourth-order valence-corrected chi connectivity index (χ4v) is 2.18. The van der Waals surface area contributed by atoms with E-state index in [9.17, 15) is 29.6 Å². The van der Waals surface area contributed by atoms with E-state index in [2.05, 4.69) is 10.1 Å². The molecule has 0 atom stereocenters. The zero-order valence-electron chi connectivity index (χ0n) is 12.1. The molecule has 0 amide bonds. The average molecular weight is 348 g/mol. The molecular weight excluding hydrogens is 339 g/mol. The number of halogens is 1. The van der Waals surface area contributed by atoms with E-state index < -0.39 is 51.7 Å². The van der Waals surface area contributed by atoms with Crippen molar-refractivity contribution in [1.29, 1.82) is 0 Å². The van der Waals surface area contributed by atoms with Crippen LogP contribution in [-0.2, 0) is 0 Å². The molecule has 9 nitrogen and oxygen atoms in total. The Bertz CT molecular complexity index is 1000. The highest BCUT2D eigenvalue weighted by Crippen LogP contribution is 2.50. The van der Waals surface area contributed by atoms with Gasteiger partial charge >= 0.3 is 5.97 Å². The van der Waals surface area contributed by atoms with Gasteiger partial charge in [0.05, 0.1) is 5.56 Å². The number of aromatic carboxylic acids is 1. The molecule has 3 rings (SSSR count). The number of rotatable bonds is 3. The van der Waals surface area contributed by atoms with Crippen LogP contribution < -0.4 is 0 Å². The maximum atomic E-state index is 13.8. The van der Waals surface area contributed by atoms with Crippen molar-refractivity contribution < 1.29 is 39.2 Å². The van der Waals surface area contributed by atoms with Crippen molar-refractivity contribution in [1.82, 2.24) is 10.1 Å². The lowest BCUT2D eigenvalue weighted by Gasteiger charge is -2.10. The Morgan fingerprint density at radius 3 is 2.32 bits per heavy atom. The molecule has 0 unspecified atom stereocenters. The Balaban J connectivity index is 2.22. The van der Waals surface area contributed by atoms with Crippen molar-refractivity contribution in [2.24, 2.45) is 0 Å². The Kier molecular flexibility index (Phi) is 3.64. The molecule has 0 bridgehead atoms. The molecule has 0 fully saturated rings. The lowest BCUT2D eigenvalue weighted by atomic mass is 10.0. The zero-order chi connectivity index (χ0) is 18.3. The maximum absolute atomic E-state index is 13.8. The molecule has 25 heavy (non-hydrogen) atoms. The summed E-state index contributed by atoms with van der Waals surface area (Å²) in [5, 5.41) is 51.6. The lowest BCUT2D eigenvalue weighted by Crippen LogP contribution is -2.00. The van der Waals surface area contributed by atoms with Gasteiger partial charge in [0.2, 0.25) is 11.6 Å². The molecule has 0 aliphatic heterocycles. The number of phenolic OH excluding ortho intramolecular Hbond substituents is 2. The van der Waals surface area contributed by atoms with E-state index in [-0.39, 0.29) is 11.5 Å². The van der Waals surface area contributed by atoms with E-state index in [0.29, 0.717) is 0 Å². The number of carboxylic acids is 1. The normalized spacial score (nSPS) is 10.8.